The van der Waals surface area contributed by atoms with Gasteiger partial charge in [0.15, 0.2) is 11.6 Å². The van der Waals surface area contributed by atoms with Crippen LogP contribution in [-0.2, 0) is 4.79 Å². The minimum atomic E-state index is -0.204. The number of hydrogen-bond donors (Lipinski definition) is 1. The Balaban J connectivity index is 2.09. The maximum atomic E-state index is 12.5. The fourth-order valence-electron chi connectivity index (χ4n) is 3.05. The second-order valence-corrected chi connectivity index (χ2v) is 7.71. The predicted octanol–water partition coefficient (Wildman–Crippen LogP) is 3.58. The van der Waals surface area contributed by atoms with E-state index in [4.69, 9.17) is 0 Å². The molecule has 0 aliphatic heterocycles. The minimum absolute atomic E-state index is 0.00396. The van der Waals surface area contributed by atoms with Crippen molar-refractivity contribution in [1.29, 1.82) is 0 Å². The molecular formula is C17H19BrN4O2. The average molecular weight is 391 g/mol. The van der Waals surface area contributed by atoms with Crippen LogP contribution in [0.3, 0.4) is 0 Å². The first-order valence-electron chi connectivity index (χ1n) is 7.71. The Bertz CT molecular complexity index is 824. The Morgan fingerprint density at radius 2 is 2.12 bits per heavy atom. The molecule has 0 fully saturated rings. The third kappa shape index (κ3) is 2.77. The molecule has 2 aromatic rings. The maximum absolute atomic E-state index is 12.5. The molecule has 24 heavy (non-hydrogen) atoms. The van der Waals surface area contributed by atoms with Gasteiger partial charge in [-0.05, 0) is 24.5 Å². The summed E-state index contributed by atoms with van der Waals surface area (Å²) in [6.07, 6.45) is 2.07. The molecule has 0 bridgehead atoms. The van der Waals surface area contributed by atoms with Gasteiger partial charge >= 0.3 is 0 Å². The number of hydrogen-bond acceptors (Lipinski definition) is 4. The first kappa shape index (κ1) is 16.8. The normalized spacial score (nSPS) is 19.0. The molecule has 0 aromatic carbocycles. The van der Waals surface area contributed by atoms with Crippen LogP contribution in [-0.4, -0.2) is 26.5 Å². The highest BCUT2D eigenvalue weighted by molar-refractivity contribution is 9.09. The highest BCUT2D eigenvalue weighted by atomic mass is 79.9. The topological polar surface area (TPSA) is 76.9 Å². The SMILES string of the molecule is CC(=O)Nc1ccc(-n2nc(C)c3c2C(Br)C(C)(C)CC3=O)nc1. The van der Waals surface area contributed by atoms with Crippen LogP contribution < -0.4 is 5.32 Å². The van der Waals surface area contributed by atoms with Crippen molar-refractivity contribution in [3.8, 4) is 5.82 Å². The van der Waals surface area contributed by atoms with E-state index in [0.717, 1.165) is 5.69 Å². The van der Waals surface area contributed by atoms with Gasteiger partial charge in [-0.3, -0.25) is 9.59 Å². The molecule has 2 aromatic heterocycles. The van der Waals surface area contributed by atoms with Crippen LogP contribution in [0.25, 0.3) is 5.82 Å². The lowest BCUT2D eigenvalue weighted by Crippen LogP contribution is -2.30. The van der Waals surface area contributed by atoms with Gasteiger partial charge in [0.05, 0.1) is 33.7 Å². The van der Waals surface area contributed by atoms with Gasteiger partial charge in [0, 0.05) is 13.3 Å². The van der Waals surface area contributed by atoms with E-state index in [1.807, 2.05) is 6.92 Å². The van der Waals surface area contributed by atoms with Crippen LogP contribution >= 0.6 is 15.9 Å². The monoisotopic (exact) mass is 390 g/mol. The van der Waals surface area contributed by atoms with E-state index in [1.165, 1.54) is 6.92 Å². The highest BCUT2D eigenvalue weighted by Crippen LogP contribution is 2.49. The molecule has 7 heteroatoms. The number of carbonyl (C=O) groups excluding carboxylic acids is 2. The number of rotatable bonds is 2. The van der Waals surface area contributed by atoms with Gasteiger partial charge in [0.25, 0.3) is 0 Å². The van der Waals surface area contributed by atoms with Crippen molar-refractivity contribution in [2.45, 2.75) is 38.9 Å². The summed E-state index contributed by atoms with van der Waals surface area (Å²) in [5, 5.41) is 7.22. The van der Waals surface area contributed by atoms with Gasteiger partial charge in [-0.15, -0.1) is 0 Å². The van der Waals surface area contributed by atoms with Crippen molar-refractivity contribution in [1.82, 2.24) is 14.8 Å². The van der Waals surface area contributed by atoms with E-state index in [0.29, 0.717) is 29.2 Å². The molecule has 1 N–H and O–H groups in total. The number of fused-ring (bicyclic) bond motifs is 1. The molecule has 6 nitrogen and oxygen atoms in total. The minimum Gasteiger partial charge on any atom is -0.325 e. The molecule has 1 aliphatic rings. The second-order valence-electron chi connectivity index (χ2n) is 6.79. The summed E-state index contributed by atoms with van der Waals surface area (Å²) in [7, 11) is 0. The number of Topliss-reactive ketones (excluding diaryl/α,β-unsaturated/α-hetero) is 1. The quantitative estimate of drug-likeness (QED) is 0.794. The Labute approximate surface area is 148 Å². The fraction of sp³-hybridized carbons (Fsp3) is 0.412. The smallest absolute Gasteiger partial charge is 0.221 e. The number of aryl methyl sites for hydroxylation is 1. The summed E-state index contributed by atoms with van der Waals surface area (Å²) >= 11 is 3.75. The molecule has 1 unspecified atom stereocenters. The van der Waals surface area contributed by atoms with Crippen LogP contribution in [0.1, 0.15) is 53.8 Å². The van der Waals surface area contributed by atoms with Crippen molar-refractivity contribution < 1.29 is 9.59 Å². The number of nitrogens with one attached hydrogen (secondary N) is 1. The lowest BCUT2D eigenvalue weighted by molar-refractivity contribution is -0.114. The van der Waals surface area contributed by atoms with Gasteiger partial charge in [-0.2, -0.15) is 5.10 Å². The molecule has 0 spiro atoms. The van der Waals surface area contributed by atoms with Crippen LogP contribution in [0.5, 0.6) is 0 Å². The molecule has 0 radical (unpaired) electrons. The van der Waals surface area contributed by atoms with Crippen LogP contribution in [0.15, 0.2) is 18.3 Å². The van der Waals surface area contributed by atoms with Gasteiger partial charge in [-0.1, -0.05) is 29.8 Å². The Morgan fingerprint density at radius 1 is 1.42 bits per heavy atom. The zero-order valence-electron chi connectivity index (χ0n) is 14.1. The van der Waals surface area contributed by atoms with Crippen molar-refractivity contribution in [3.05, 3.63) is 35.3 Å². The molecule has 0 saturated carbocycles. The van der Waals surface area contributed by atoms with Crippen molar-refractivity contribution >= 4 is 33.3 Å². The molecule has 2 heterocycles. The van der Waals surface area contributed by atoms with E-state index in [2.05, 4.69) is 45.2 Å². The number of halogens is 1. The summed E-state index contributed by atoms with van der Waals surface area (Å²) in [5.41, 5.74) is 2.65. The van der Waals surface area contributed by atoms with Gasteiger partial charge in [0.2, 0.25) is 5.91 Å². The summed E-state index contributed by atoms with van der Waals surface area (Å²) in [5.74, 6) is 0.581. The van der Waals surface area contributed by atoms with Gasteiger partial charge < -0.3 is 5.32 Å². The van der Waals surface area contributed by atoms with Crippen LogP contribution in [0.4, 0.5) is 5.69 Å². The van der Waals surface area contributed by atoms with E-state index in [9.17, 15) is 9.59 Å². The van der Waals surface area contributed by atoms with E-state index < -0.39 is 0 Å². The van der Waals surface area contributed by atoms with Crippen molar-refractivity contribution in [3.63, 3.8) is 0 Å². The number of amides is 1. The Hall–Kier alpha value is -2.02. The molecule has 126 valence electrons. The maximum Gasteiger partial charge on any atom is 0.221 e. The number of carbonyl (C=O) groups is 2. The summed E-state index contributed by atoms with van der Waals surface area (Å²) < 4.78 is 1.72. The number of alkyl halides is 1. The van der Waals surface area contributed by atoms with E-state index in [-0.39, 0.29) is 21.9 Å². The van der Waals surface area contributed by atoms with Crippen molar-refractivity contribution in [2.24, 2.45) is 5.41 Å². The summed E-state index contributed by atoms with van der Waals surface area (Å²) in [4.78, 5) is 28.0. The predicted molar refractivity (Wildman–Crippen MR) is 94.8 cm³/mol. The standard InChI is InChI=1S/C17H19BrN4O2/c1-9-14-12(24)7-17(3,4)16(18)15(14)22(21-9)13-6-5-11(8-19-13)20-10(2)23/h5-6,8,16H,7H2,1-4H3,(H,20,23). The Morgan fingerprint density at radius 3 is 2.71 bits per heavy atom. The average Bonchev–Trinajstić information content (AvgIpc) is 2.82. The molecule has 0 saturated heterocycles. The highest BCUT2D eigenvalue weighted by Gasteiger charge is 2.42. The Kier molecular flexibility index (Phi) is 4.07. The van der Waals surface area contributed by atoms with E-state index >= 15 is 0 Å². The first-order valence-corrected chi connectivity index (χ1v) is 8.63. The molecule has 3 rings (SSSR count). The largest absolute Gasteiger partial charge is 0.325 e. The number of anilines is 1. The summed E-state index contributed by atoms with van der Waals surface area (Å²) in [6, 6.07) is 3.55. The van der Waals surface area contributed by atoms with E-state index in [1.54, 1.807) is 23.0 Å². The summed E-state index contributed by atoms with van der Waals surface area (Å²) in [6.45, 7) is 7.42. The second kappa shape index (κ2) is 5.81. The van der Waals surface area contributed by atoms with Crippen molar-refractivity contribution in [2.75, 3.05) is 5.32 Å². The molecule has 1 aliphatic carbocycles. The zero-order chi connectivity index (χ0) is 17.6. The molecule has 1 atom stereocenters. The fourth-order valence-corrected chi connectivity index (χ4v) is 3.63. The lowest BCUT2D eigenvalue weighted by Gasteiger charge is -2.34. The number of nitrogens with zero attached hydrogens (tertiary/aromatic N) is 3. The zero-order valence-corrected chi connectivity index (χ0v) is 15.6. The molecule has 1 amide bonds. The van der Waals surface area contributed by atoms with Crippen LogP contribution in [0.2, 0.25) is 0 Å². The third-order valence-electron chi connectivity index (χ3n) is 4.20. The number of aromatic nitrogens is 3. The lowest BCUT2D eigenvalue weighted by atomic mass is 9.75. The molecular weight excluding hydrogens is 372 g/mol. The van der Waals surface area contributed by atoms with Gasteiger partial charge in [-0.25, -0.2) is 9.67 Å². The van der Waals surface area contributed by atoms with Crippen LogP contribution in [0, 0.1) is 12.3 Å². The number of pyridine rings is 1. The third-order valence-corrected chi connectivity index (χ3v) is 5.88. The first-order chi connectivity index (χ1) is 11.2. The van der Waals surface area contributed by atoms with Gasteiger partial charge in [0.1, 0.15) is 0 Å². The number of ketones is 1.